The van der Waals surface area contributed by atoms with Crippen LogP contribution < -0.4 is 10.9 Å². The molecule has 4 N–H and O–H groups in total. The number of rotatable bonds is 4. The first-order chi connectivity index (χ1) is 14.2. The number of pyridine rings is 1. The van der Waals surface area contributed by atoms with E-state index in [1.807, 2.05) is 30.3 Å². The van der Waals surface area contributed by atoms with Gasteiger partial charge in [0, 0.05) is 29.0 Å². The number of aliphatic hydroxyl groups is 1. The van der Waals surface area contributed by atoms with E-state index in [0.29, 0.717) is 11.6 Å². The molecule has 148 valence electrons. The van der Waals surface area contributed by atoms with Crippen molar-refractivity contribution in [3.8, 4) is 11.3 Å². The van der Waals surface area contributed by atoms with Crippen LogP contribution >= 0.6 is 0 Å². The van der Waals surface area contributed by atoms with Crippen molar-refractivity contribution in [2.75, 3.05) is 0 Å². The molecular formula is C24H25N3O2. The number of hydrogen-bond donors (Lipinski definition) is 4. The van der Waals surface area contributed by atoms with Crippen LogP contribution in [0.25, 0.3) is 33.1 Å². The molecule has 2 aromatic carbocycles. The van der Waals surface area contributed by atoms with Crippen LogP contribution in [0.2, 0.25) is 0 Å². The third kappa shape index (κ3) is 3.71. The highest BCUT2D eigenvalue weighted by Crippen LogP contribution is 2.25. The average Bonchev–Trinajstić information content (AvgIpc) is 3.16. The predicted molar refractivity (Wildman–Crippen MR) is 117 cm³/mol. The minimum atomic E-state index is -0.124. The van der Waals surface area contributed by atoms with Gasteiger partial charge in [0.15, 0.2) is 0 Å². The van der Waals surface area contributed by atoms with Gasteiger partial charge in [-0.25, -0.2) is 0 Å². The molecule has 0 radical (unpaired) electrons. The van der Waals surface area contributed by atoms with Gasteiger partial charge in [-0.05, 0) is 67.0 Å². The number of H-pyrrole nitrogens is 2. The van der Waals surface area contributed by atoms with Crippen molar-refractivity contribution in [3.63, 3.8) is 0 Å². The summed E-state index contributed by atoms with van der Waals surface area (Å²) in [6.45, 7) is 0.813. The molecule has 0 unspecified atom stereocenters. The largest absolute Gasteiger partial charge is 0.393 e. The van der Waals surface area contributed by atoms with E-state index in [1.54, 1.807) is 0 Å². The Morgan fingerprint density at radius 2 is 1.69 bits per heavy atom. The minimum absolute atomic E-state index is 0.0865. The maximum atomic E-state index is 12.6. The summed E-state index contributed by atoms with van der Waals surface area (Å²) in [4.78, 5) is 18.9. The number of nitrogens with one attached hydrogen (secondary N) is 3. The molecule has 4 aromatic rings. The van der Waals surface area contributed by atoms with Gasteiger partial charge in [0.25, 0.3) is 5.56 Å². The summed E-state index contributed by atoms with van der Waals surface area (Å²) in [6, 6.07) is 18.7. The van der Waals surface area contributed by atoms with Crippen LogP contribution in [-0.2, 0) is 6.54 Å². The number of hydrogen-bond acceptors (Lipinski definition) is 3. The zero-order chi connectivity index (χ0) is 19.8. The molecule has 2 heterocycles. The second-order valence-electron chi connectivity index (χ2n) is 8.09. The zero-order valence-electron chi connectivity index (χ0n) is 16.2. The Bertz CT molecular complexity index is 1220. The van der Waals surface area contributed by atoms with E-state index in [-0.39, 0.29) is 11.7 Å². The average molecular weight is 387 g/mol. The molecule has 5 heteroatoms. The van der Waals surface area contributed by atoms with Gasteiger partial charge in [-0.3, -0.25) is 4.79 Å². The Hall–Kier alpha value is -2.89. The third-order valence-corrected chi connectivity index (χ3v) is 6.02. The normalized spacial score (nSPS) is 19.8. The Morgan fingerprint density at radius 1 is 0.897 bits per heavy atom. The summed E-state index contributed by atoms with van der Waals surface area (Å²) >= 11 is 0. The molecule has 1 aliphatic carbocycles. The van der Waals surface area contributed by atoms with E-state index >= 15 is 0 Å². The van der Waals surface area contributed by atoms with E-state index in [4.69, 9.17) is 0 Å². The SMILES string of the molecule is O=c1[nH]c2ccccc2cc1-c1cc2cc(CN[C@H]3CC[C@H](O)CC3)ccc2[nH]1. The molecule has 0 saturated heterocycles. The van der Waals surface area contributed by atoms with Crippen molar-refractivity contribution in [1.29, 1.82) is 0 Å². The van der Waals surface area contributed by atoms with Crippen LogP contribution in [0.5, 0.6) is 0 Å². The van der Waals surface area contributed by atoms with Crippen molar-refractivity contribution in [2.45, 2.75) is 44.4 Å². The summed E-state index contributed by atoms with van der Waals surface area (Å²) < 4.78 is 0. The van der Waals surface area contributed by atoms with Gasteiger partial charge >= 0.3 is 0 Å². The maximum Gasteiger partial charge on any atom is 0.257 e. The predicted octanol–water partition coefficient (Wildman–Crippen LogP) is 4.07. The fourth-order valence-corrected chi connectivity index (χ4v) is 4.33. The van der Waals surface area contributed by atoms with E-state index in [1.165, 1.54) is 5.56 Å². The second kappa shape index (κ2) is 7.50. The van der Waals surface area contributed by atoms with E-state index in [9.17, 15) is 9.90 Å². The number of aliphatic hydroxyl groups excluding tert-OH is 1. The highest BCUT2D eigenvalue weighted by Gasteiger charge is 2.18. The number of benzene rings is 2. The highest BCUT2D eigenvalue weighted by molar-refractivity contribution is 5.89. The van der Waals surface area contributed by atoms with Crippen LogP contribution in [0, 0.1) is 0 Å². The summed E-state index contributed by atoms with van der Waals surface area (Å²) in [6.07, 6.45) is 3.71. The quantitative estimate of drug-likeness (QED) is 0.426. The molecule has 29 heavy (non-hydrogen) atoms. The molecule has 0 atom stereocenters. The van der Waals surface area contributed by atoms with Crippen LogP contribution in [-0.4, -0.2) is 27.2 Å². The number of fused-ring (bicyclic) bond motifs is 2. The first kappa shape index (κ1) is 18.2. The molecule has 0 spiro atoms. The molecule has 0 amide bonds. The Morgan fingerprint density at radius 3 is 2.55 bits per heavy atom. The first-order valence-corrected chi connectivity index (χ1v) is 10.3. The smallest absolute Gasteiger partial charge is 0.257 e. The molecule has 5 nitrogen and oxygen atoms in total. The van der Waals surface area contributed by atoms with Crippen LogP contribution in [0.15, 0.2) is 59.4 Å². The van der Waals surface area contributed by atoms with Gasteiger partial charge in [-0.2, -0.15) is 0 Å². The van der Waals surface area contributed by atoms with Crippen LogP contribution in [0.3, 0.4) is 0 Å². The standard InChI is InChI=1S/C24H25N3O2/c28-19-8-6-18(7-9-19)25-14-15-5-10-22-17(11-15)13-23(26-22)20-12-16-3-1-2-4-21(16)27-24(20)29/h1-5,10-13,18-19,25-26,28H,6-9,14H2,(H,27,29)/t18-,19-. The summed E-state index contributed by atoms with van der Waals surface area (Å²) in [5, 5.41) is 15.4. The lowest BCUT2D eigenvalue weighted by atomic mass is 9.93. The Balaban J connectivity index is 1.39. The van der Waals surface area contributed by atoms with Crippen molar-refractivity contribution >= 4 is 21.8 Å². The van der Waals surface area contributed by atoms with Gasteiger partial charge in [-0.1, -0.05) is 24.3 Å². The molecule has 1 fully saturated rings. The number of aromatic amines is 2. The minimum Gasteiger partial charge on any atom is -0.393 e. The maximum absolute atomic E-state index is 12.6. The number of para-hydroxylation sites is 1. The molecule has 0 aliphatic heterocycles. The first-order valence-electron chi connectivity index (χ1n) is 10.3. The molecule has 2 aromatic heterocycles. The molecule has 5 rings (SSSR count). The van der Waals surface area contributed by atoms with Gasteiger partial charge < -0.3 is 20.4 Å². The summed E-state index contributed by atoms with van der Waals surface area (Å²) in [5.74, 6) is 0. The van der Waals surface area contributed by atoms with Crippen molar-refractivity contribution < 1.29 is 5.11 Å². The number of aromatic nitrogens is 2. The summed E-state index contributed by atoms with van der Waals surface area (Å²) in [7, 11) is 0. The van der Waals surface area contributed by atoms with Crippen LogP contribution in [0.1, 0.15) is 31.2 Å². The third-order valence-electron chi connectivity index (χ3n) is 6.02. The van der Waals surface area contributed by atoms with Crippen LogP contribution in [0.4, 0.5) is 0 Å². The topological polar surface area (TPSA) is 80.9 Å². The van der Waals surface area contributed by atoms with Gasteiger partial charge in [0.2, 0.25) is 0 Å². The zero-order valence-corrected chi connectivity index (χ0v) is 16.2. The van der Waals surface area contributed by atoms with Gasteiger partial charge in [-0.15, -0.1) is 0 Å². The molecule has 1 aliphatic rings. The lowest BCUT2D eigenvalue weighted by Crippen LogP contribution is -2.34. The monoisotopic (exact) mass is 387 g/mol. The van der Waals surface area contributed by atoms with Crippen molar-refractivity contribution in [3.05, 3.63) is 70.5 Å². The second-order valence-corrected chi connectivity index (χ2v) is 8.09. The van der Waals surface area contributed by atoms with Crippen molar-refractivity contribution in [1.82, 2.24) is 15.3 Å². The van der Waals surface area contributed by atoms with Gasteiger partial charge in [0.05, 0.1) is 17.4 Å². The van der Waals surface area contributed by atoms with E-state index in [0.717, 1.165) is 59.7 Å². The molecule has 0 bridgehead atoms. The lowest BCUT2D eigenvalue weighted by Gasteiger charge is -2.26. The Kier molecular flexibility index (Phi) is 4.70. The lowest BCUT2D eigenvalue weighted by molar-refractivity contribution is 0.116. The van der Waals surface area contributed by atoms with Gasteiger partial charge in [0.1, 0.15) is 0 Å². The molecular weight excluding hydrogens is 362 g/mol. The Labute approximate surface area is 168 Å². The van der Waals surface area contributed by atoms with E-state index < -0.39 is 0 Å². The molecule has 1 saturated carbocycles. The fraction of sp³-hybridized carbons (Fsp3) is 0.292. The fourth-order valence-electron chi connectivity index (χ4n) is 4.33. The van der Waals surface area contributed by atoms with Crippen molar-refractivity contribution in [2.24, 2.45) is 0 Å². The van der Waals surface area contributed by atoms with E-state index in [2.05, 4.69) is 39.6 Å². The highest BCUT2D eigenvalue weighted by atomic mass is 16.3. The summed E-state index contributed by atoms with van der Waals surface area (Å²) in [5.41, 5.74) is 4.50.